The highest BCUT2D eigenvalue weighted by atomic mass is 19.4. The Hall–Kier alpha value is -1.82. The molecule has 0 fully saturated rings. The Morgan fingerprint density at radius 2 is 1.94 bits per heavy atom. The van der Waals surface area contributed by atoms with Crippen molar-refractivity contribution < 1.29 is 13.2 Å². The first-order valence-electron chi connectivity index (χ1n) is 4.85. The number of nitrogens with two attached hydrogens (primary N) is 1. The lowest BCUT2D eigenvalue weighted by Crippen LogP contribution is -2.13. The molecule has 3 N–H and O–H groups in total. The fourth-order valence-electron chi connectivity index (χ4n) is 1.67. The van der Waals surface area contributed by atoms with Gasteiger partial charge in [-0.25, -0.2) is 0 Å². The zero-order chi connectivity index (χ0) is 12.6. The predicted octanol–water partition coefficient (Wildman–Crippen LogP) is 2.01. The van der Waals surface area contributed by atoms with Crippen LogP contribution in [0.1, 0.15) is 11.1 Å². The van der Waals surface area contributed by atoms with Crippen molar-refractivity contribution in [1.82, 2.24) is 4.98 Å². The Balaban J connectivity index is 2.83. The van der Waals surface area contributed by atoms with Crippen LogP contribution in [0.4, 0.5) is 13.2 Å². The van der Waals surface area contributed by atoms with Gasteiger partial charge in [0, 0.05) is 23.5 Å². The first kappa shape index (κ1) is 11.7. The summed E-state index contributed by atoms with van der Waals surface area (Å²) in [5, 5.41) is -0.110. The number of hydrogen-bond acceptors (Lipinski definition) is 2. The van der Waals surface area contributed by atoms with Gasteiger partial charge >= 0.3 is 6.18 Å². The van der Waals surface area contributed by atoms with Gasteiger partial charge in [-0.1, -0.05) is 12.1 Å². The van der Waals surface area contributed by atoms with Crippen molar-refractivity contribution in [2.75, 3.05) is 0 Å². The zero-order valence-electron chi connectivity index (χ0n) is 8.64. The smallest absolute Gasteiger partial charge is 0.328 e. The van der Waals surface area contributed by atoms with Crippen LogP contribution < -0.4 is 11.3 Å². The van der Waals surface area contributed by atoms with Crippen molar-refractivity contribution in [2.24, 2.45) is 5.73 Å². The third-order valence-electron chi connectivity index (χ3n) is 2.51. The molecule has 0 aliphatic heterocycles. The van der Waals surface area contributed by atoms with E-state index in [1.165, 1.54) is 18.2 Å². The quantitative estimate of drug-likeness (QED) is 0.803. The van der Waals surface area contributed by atoms with E-state index < -0.39 is 17.3 Å². The fourth-order valence-corrected chi connectivity index (χ4v) is 1.67. The van der Waals surface area contributed by atoms with Gasteiger partial charge in [0.25, 0.3) is 5.56 Å². The van der Waals surface area contributed by atoms with Gasteiger partial charge in [0.1, 0.15) is 0 Å². The molecule has 1 aromatic heterocycles. The number of rotatable bonds is 1. The normalized spacial score (nSPS) is 12.0. The molecular weight excluding hydrogens is 233 g/mol. The Bertz CT molecular complexity index is 616. The Labute approximate surface area is 94.1 Å². The van der Waals surface area contributed by atoms with E-state index in [9.17, 15) is 18.0 Å². The molecule has 0 radical (unpaired) electrons. The van der Waals surface area contributed by atoms with E-state index >= 15 is 0 Å². The van der Waals surface area contributed by atoms with E-state index in [1.807, 2.05) is 0 Å². The molecular formula is C11H9F3N2O. The maximum Gasteiger partial charge on any atom is 0.418 e. The Morgan fingerprint density at radius 1 is 1.24 bits per heavy atom. The number of aromatic nitrogens is 1. The number of benzene rings is 1. The number of H-pyrrole nitrogens is 1. The molecule has 0 spiro atoms. The molecule has 3 nitrogen and oxygen atoms in total. The van der Waals surface area contributed by atoms with Crippen molar-refractivity contribution in [2.45, 2.75) is 12.7 Å². The third kappa shape index (κ3) is 2.03. The minimum absolute atomic E-state index is 0.00257. The number of hydrogen-bond donors (Lipinski definition) is 2. The van der Waals surface area contributed by atoms with Crippen LogP contribution in [0.2, 0.25) is 0 Å². The van der Waals surface area contributed by atoms with Crippen LogP contribution in [-0.2, 0) is 12.7 Å². The summed E-state index contributed by atoms with van der Waals surface area (Å²) in [5.41, 5.74) is 4.59. The summed E-state index contributed by atoms with van der Waals surface area (Å²) in [4.78, 5) is 13.5. The van der Waals surface area contributed by atoms with E-state index in [0.717, 1.165) is 0 Å². The van der Waals surface area contributed by atoms with Crippen molar-refractivity contribution in [1.29, 1.82) is 0 Å². The molecule has 0 aliphatic carbocycles. The third-order valence-corrected chi connectivity index (χ3v) is 2.51. The monoisotopic (exact) mass is 242 g/mol. The SMILES string of the molecule is NCc1ccc2c(C(F)(F)F)c[nH]c(=O)c2c1. The predicted molar refractivity (Wildman–Crippen MR) is 57.5 cm³/mol. The lowest BCUT2D eigenvalue weighted by atomic mass is 10.0. The van der Waals surface area contributed by atoms with E-state index in [4.69, 9.17) is 5.73 Å². The molecule has 6 heteroatoms. The standard InChI is InChI=1S/C11H9F3N2O/c12-11(13,14)9-5-16-10(17)8-3-6(4-15)1-2-7(8)9/h1-3,5H,4,15H2,(H,16,17). The number of pyridine rings is 1. The molecule has 1 heterocycles. The van der Waals surface area contributed by atoms with Crippen LogP contribution >= 0.6 is 0 Å². The lowest BCUT2D eigenvalue weighted by molar-refractivity contribution is -0.136. The maximum atomic E-state index is 12.7. The Morgan fingerprint density at radius 3 is 2.53 bits per heavy atom. The molecule has 0 atom stereocenters. The molecule has 2 aromatic rings. The largest absolute Gasteiger partial charge is 0.418 e. The summed E-state index contributed by atoms with van der Waals surface area (Å²) in [6.07, 6.45) is -3.81. The van der Waals surface area contributed by atoms with Crippen molar-refractivity contribution in [3.63, 3.8) is 0 Å². The number of fused-ring (bicyclic) bond motifs is 1. The van der Waals surface area contributed by atoms with Gasteiger partial charge in [-0.15, -0.1) is 0 Å². The van der Waals surface area contributed by atoms with Crippen LogP contribution in [0.25, 0.3) is 10.8 Å². The van der Waals surface area contributed by atoms with E-state index in [-0.39, 0.29) is 17.3 Å². The van der Waals surface area contributed by atoms with Gasteiger partial charge in [-0.3, -0.25) is 4.79 Å². The van der Waals surface area contributed by atoms with Crippen molar-refractivity contribution in [3.8, 4) is 0 Å². The second kappa shape index (κ2) is 3.89. The van der Waals surface area contributed by atoms with Crippen LogP contribution in [0.5, 0.6) is 0 Å². The van der Waals surface area contributed by atoms with E-state index in [0.29, 0.717) is 11.8 Å². The minimum atomic E-state index is -4.49. The van der Waals surface area contributed by atoms with Gasteiger partial charge in [-0.05, 0) is 11.6 Å². The summed E-state index contributed by atoms with van der Waals surface area (Å²) in [5.74, 6) is 0. The topological polar surface area (TPSA) is 58.9 Å². The molecule has 0 aliphatic rings. The maximum absolute atomic E-state index is 12.7. The highest BCUT2D eigenvalue weighted by Gasteiger charge is 2.33. The molecule has 0 amide bonds. The lowest BCUT2D eigenvalue weighted by Gasteiger charge is -2.10. The zero-order valence-corrected chi connectivity index (χ0v) is 8.64. The van der Waals surface area contributed by atoms with Gasteiger partial charge < -0.3 is 10.7 Å². The fraction of sp³-hybridized carbons (Fsp3) is 0.182. The van der Waals surface area contributed by atoms with Crippen LogP contribution in [0, 0.1) is 0 Å². The van der Waals surface area contributed by atoms with Crippen LogP contribution in [0.3, 0.4) is 0 Å². The molecule has 0 bridgehead atoms. The molecule has 1 aromatic carbocycles. The van der Waals surface area contributed by atoms with E-state index in [1.54, 1.807) is 0 Å². The van der Waals surface area contributed by atoms with Gasteiger partial charge in [0.15, 0.2) is 0 Å². The Kier molecular flexibility index (Phi) is 2.66. The second-order valence-electron chi connectivity index (χ2n) is 3.61. The summed E-state index contributed by atoms with van der Waals surface area (Å²) < 4.78 is 38.1. The number of halogens is 3. The van der Waals surface area contributed by atoms with Crippen molar-refractivity contribution in [3.05, 3.63) is 45.9 Å². The average Bonchev–Trinajstić information content (AvgIpc) is 2.27. The summed E-state index contributed by atoms with van der Waals surface area (Å²) in [6, 6.07) is 4.13. The first-order valence-corrected chi connectivity index (χ1v) is 4.85. The number of alkyl halides is 3. The number of nitrogens with one attached hydrogen (secondary N) is 1. The summed E-state index contributed by atoms with van der Waals surface area (Å²) in [6.45, 7) is 0.172. The summed E-state index contributed by atoms with van der Waals surface area (Å²) >= 11 is 0. The van der Waals surface area contributed by atoms with Crippen molar-refractivity contribution >= 4 is 10.8 Å². The van der Waals surface area contributed by atoms with Gasteiger partial charge in [0.2, 0.25) is 0 Å². The number of aromatic amines is 1. The molecule has 0 unspecified atom stereocenters. The molecule has 17 heavy (non-hydrogen) atoms. The second-order valence-corrected chi connectivity index (χ2v) is 3.61. The van der Waals surface area contributed by atoms with Gasteiger partial charge in [0.05, 0.1) is 5.56 Å². The highest BCUT2D eigenvalue weighted by Crippen LogP contribution is 2.33. The minimum Gasteiger partial charge on any atom is -0.328 e. The van der Waals surface area contributed by atoms with E-state index in [2.05, 4.69) is 4.98 Å². The summed E-state index contributed by atoms with van der Waals surface area (Å²) in [7, 11) is 0. The molecule has 2 rings (SSSR count). The highest BCUT2D eigenvalue weighted by molar-refractivity contribution is 5.85. The average molecular weight is 242 g/mol. The van der Waals surface area contributed by atoms with Crippen LogP contribution in [0.15, 0.2) is 29.2 Å². The van der Waals surface area contributed by atoms with Crippen LogP contribution in [-0.4, -0.2) is 4.98 Å². The molecule has 0 saturated carbocycles. The first-order chi connectivity index (χ1) is 7.93. The van der Waals surface area contributed by atoms with Gasteiger partial charge in [-0.2, -0.15) is 13.2 Å². The molecule has 90 valence electrons. The molecule has 0 saturated heterocycles.